The molecule has 1 rings (SSSR count). The number of nitriles is 1. The van der Waals surface area contributed by atoms with Gasteiger partial charge >= 0.3 is 0 Å². The molecule has 0 aromatic carbocycles. The van der Waals surface area contributed by atoms with Crippen LogP contribution in [0.2, 0.25) is 0 Å². The van der Waals surface area contributed by atoms with Crippen LogP contribution in [-0.2, 0) is 4.79 Å². The van der Waals surface area contributed by atoms with Crippen LogP contribution in [0, 0.1) is 17.2 Å². The molecule has 0 bridgehead atoms. The Labute approximate surface area is 91.9 Å². The van der Waals surface area contributed by atoms with Crippen LogP contribution in [0.4, 0.5) is 0 Å². The van der Waals surface area contributed by atoms with E-state index in [1.54, 1.807) is 0 Å². The highest BCUT2D eigenvalue weighted by Gasteiger charge is 2.35. The Morgan fingerprint density at radius 3 is 2.47 bits per heavy atom. The summed E-state index contributed by atoms with van der Waals surface area (Å²) in [5.41, 5.74) is -0.571. The summed E-state index contributed by atoms with van der Waals surface area (Å²) in [6.45, 7) is 4.01. The smallest absolute Gasteiger partial charge is 0.220 e. The quantitative estimate of drug-likeness (QED) is 0.774. The fourth-order valence-corrected chi connectivity index (χ4v) is 2.20. The summed E-state index contributed by atoms with van der Waals surface area (Å²) in [7, 11) is 0. The first kappa shape index (κ1) is 12.0. The van der Waals surface area contributed by atoms with Gasteiger partial charge in [0.05, 0.1) is 6.07 Å². The van der Waals surface area contributed by atoms with E-state index in [1.165, 1.54) is 6.42 Å². The van der Waals surface area contributed by atoms with E-state index in [2.05, 4.69) is 18.3 Å². The molecule has 15 heavy (non-hydrogen) atoms. The maximum Gasteiger partial charge on any atom is 0.220 e. The predicted molar refractivity (Wildman–Crippen MR) is 59.0 cm³/mol. The van der Waals surface area contributed by atoms with Crippen molar-refractivity contribution in [1.82, 2.24) is 5.32 Å². The van der Waals surface area contributed by atoms with E-state index in [9.17, 15) is 10.1 Å². The van der Waals surface area contributed by atoms with Crippen molar-refractivity contribution in [2.75, 3.05) is 0 Å². The molecule has 0 spiro atoms. The van der Waals surface area contributed by atoms with Crippen LogP contribution in [0.15, 0.2) is 0 Å². The maximum atomic E-state index is 11.3. The molecular formula is C12H20N2O. The molecule has 3 heteroatoms. The summed E-state index contributed by atoms with van der Waals surface area (Å²) in [5, 5.41) is 12.1. The SMILES string of the molecule is CCC(=O)NC1(C#N)CCC(CC)CC1. The van der Waals surface area contributed by atoms with Crippen molar-refractivity contribution in [2.24, 2.45) is 5.92 Å². The summed E-state index contributed by atoms with van der Waals surface area (Å²) < 4.78 is 0. The largest absolute Gasteiger partial charge is 0.338 e. The number of carbonyl (C=O) groups is 1. The van der Waals surface area contributed by atoms with Crippen LogP contribution in [0.1, 0.15) is 52.4 Å². The number of nitrogens with one attached hydrogen (secondary N) is 1. The van der Waals surface area contributed by atoms with Crippen molar-refractivity contribution in [1.29, 1.82) is 5.26 Å². The zero-order valence-corrected chi connectivity index (χ0v) is 9.68. The van der Waals surface area contributed by atoms with Crippen molar-refractivity contribution in [2.45, 2.75) is 57.9 Å². The molecule has 0 saturated heterocycles. The predicted octanol–water partition coefficient (Wildman–Crippen LogP) is 2.38. The van der Waals surface area contributed by atoms with E-state index in [4.69, 9.17) is 0 Å². The first-order valence-electron chi connectivity index (χ1n) is 5.88. The van der Waals surface area contributed by atoms with E-state index in [0.717, 1.165) is 31.6 Å². The second kappa shape index (κ2) is 5.16. The Kier molecular flexibility index (Phi) is 4.14. The van der Waals surface area contributed by atoms with Gasteiger partial charge in [0.1, 0.15) is 5.54 Å². The lowest BCUT2D eigenvalue weighted by molar-refractivity contribution is -0.122. The summed E-state index contributed by atoms with van der Waals surface area (Å²) in [5.74, 6) is 0.733. The molecule has 1 aliphatic rings. The summed E-state index contributed by atoms with van der Waals surface area (Å²) in [6.07, 6.45) is 5.40. The molecule has 0 aliphatic heterocycles. The fourth-order valence-electron chi connectivity index (χ4n) is 2.20. The fraction of sp³-hybridized carbons (Fsp3) is 0.833. The zero-order valence-electron chi connectivity index (χ0n) is 9.68. The lowest BCUT2D eigenvalue weighted by atomic mass is 9.76. The number of hydrogen-bond acceptors (Lipinski definition) is 2. The topological polar surface area (TPSA) is 52.9 Å². The summed E-state index contributed by atoms with van der Waals surface area (Å²) >= 11 is 0. The van der Waals surface area contributed by atoms with Gasteiger partial charge in [-0.3, -0.25) is 4.79 Å². The number of nitrogens with zero attached hydrogens (tertiary/aromatic N) is 1. The van der Waals surface area contributed by atoms with E-state index < -0.39 is 5.54 Å². The van der Waals surface area contributed by atoms with Gasteiger partial charge in [-0.25, -0.2) is 0 Å². The average molecular weight is 208 g/mol. The molecule has 1 aliphatic carbocycles. The number of carbonyl (C=O) groups excluding carboxylic acids is 1. The van der Waals surface area contributed by atoms with Crippen LogP contribution in [-0.4, -0.2) is 11.4 Å². The van der Waals surface area contributed by atoms with Gasteiger partial charge in [0.15, 0.2) is 0 Å². The zero-order chi connectivity index (χ0) is 11.3. The maximum absolute atomic E-state index is 11.3. The van der Waals surface area contributed by atoms with E-state index in [1.807, 2.05) is 6.92 Å². The van der Waals surface area contributed by atoms with Gasteiger partial charge < -0.3 is 5.32 Å². The third-order valence-electron chi connectivity index (χ3n) is 3.45. The van der Waals surface area contributed by atoms with Crippen molar-refractivity contribution in [3.63, 3.8) is 0 Å². The molecule has 84 valence electrons. The highest BCUT2D eigenvalue weighted by Crippen LogP contribution is 2.33. The molecule has 1 N–H and O–H groups in total. The van der Waals surface area contributed by atoms with Crippen LogP contribution in [0.25, 0.3) is 0 Å². The highest BCUT2D eigenvalue weighted by atomic mass is 16.1. The minimum absolute atomic E-state index is 0.00787. The van der Waals surface area contributed by atoms with Crippen molar-refractivity contribution in [3.8, 4) is 6.07 Å². The molecule has 1 fully saturated rings. The number of hydrogen-bond donors (Lipinski definition) is 1. The molecular weight excluding hydrogens is 188 g/mol. The third kappa shape index (κ3) is 2.95. The van der Waals surface area contributed by atoms with Crippen LogP contribution in [0.3, 0.4) is 0 Å². The van der Waals surface area contributed by atoms with E-state index in [0.29, 0.717) is 6.42 Å². The third-order valence-corrected chi connectivity index (χ3v) is 3.45. The van der Waals surface area contributed by atoms with Gasteiger partial charge in [-0.1, -0.05) is 20.3 Å². The lowest BCUT2D eigenvalue weighted by Crippen LogP contribution is -2.49. The van der Waals surface area contributed by atoms with Crippen LogP contribution < -0.4 is 5.32 Å². The normalized spacial score (nSPS) is 30.6. The molecule has 0 aromatic rings. The monoisotopic (exact) mass is 208 g/mol. The van der Waals surface area contributed by atoms with Crippen molar-refractivity contribution < 1.29 is 4.79 Å². The van der Waals surface area contributed by atoms with Gasteiger partial charge in [0, 0.05) is 6.42 Å². The minimum atomic E-state index is -0.571. The molecule has 1 amide bonds. The van der Waals surface area contributed by atoms with Gasteiger partial charge in [-0.2, -0.15) is 5.26 Å². The summed E-state index contributed by atoms with van der Waals surface area (Å²) in [4.78, 5) is 11.3. The van der Waals surface area contributed by atoms with Crippen molar-refractivity contribution >= 4 is 5.91 Å². The molecule has 0 unspecified atom stereocenters. The first-order chi connectivity index (χ1) is 7.15. The average Bonchev–Trinajstić information content (AvgIpc) is 2.30. The Balaban J connectivity index is 2.57. The highest BCUT2D eigenvalue weighted by molar-refractivity contribution is 5.76. The molecule has 3 nitrogen and oxygen atoms in total. The Hall–Kier alpha value is -1.04. The second-order valence-electron chi connectivity index (χ2n) is 4.45. The molecule has 0 heterocycles. The Morgan fingerprint density at radius 2 is 2.07 bits per heavy atom. The number of rotatable bonds is 3. The van der Waals surface area contributed by atoms with Gasteiger partial charge in [0.25, 0.3) is 0 Å². The first-order valence-corrected chi connectivity index (χ1v) is 5.88. The molecule has 0 radical (unpaired) electrons. The summed E-state index contributed by atoms with van der Waals surface area (Å²) in [6, 6.07) is 2.30. The van der Waals surface area contributed by atoms with Gasteiger partial charge in [-0.15, -0.1) is 0 Å². The standard InChI is InChI=1S/C12H20N2O/c1-3-10-5-7-12(9-13,8-6-10)14-11(15)4-2/h10H,3-8H2,1-2H3,(H,14,15). The van der Waals surface area contributed by atoms with Gasteiger partial charge in [-0.05, 0) is 31.6 Å². The van der Waals surface area contributed by atoms with Crippen LogP contribution >= 0.6 is 0 Å². The second-order valence-corrected chi connectivity index (χ2v) is 4.45. The number of amides is 1. The Morgan fingerprint density at radius 1 is 1.47 bits per heavy atom. The van der Waals surface area contributed by atoms with E-state index >= 15 is 0 Å². The molecule has 0 aromatic heterocycles. The van der Waals surface area contributed by atoms with Crippen LogP contribution in [0.5, 0.6) is 0 Å². The van der Waals surface area contributed by atoms with E-state index in [-0.39, 0.29) is 5.91 Å². The lowest BCUT2D eigenvalue weighted by Gasteiger charge is -2.35. The van der Waals surface area contributed by atoms with Gasteiger partial charge in [0.2, 0.25) is 5.91 Å². The minimum Gasteiger partial charge on any atom is -0.338 e. The van der Waals surface area contributed by atoms with Crippen molar-refractivity contribution in [3.05, 3.63) is 0 Å². The molecule has 0 atom stereocenters. The molecule has 1 saturated carbocycles. The Bertz CT molecular complexity index is 259.